The normalized spacial score (nSPS) is 26.5. The molecule has 2 aliphatic rings. The molecular weight excluding hydrogens is 218 g/mol. The maximum atomic E-state index is 11.9. The van der Waals surface area contributed by atoms with Gasteiger partial charge in [0.2, 0.25) is 0 Å². The van der Waals surface area contributed by atoms with E-state index in [2.05, 4.69) is 10.0 Å². The van der Waals surface area contributed by atoms with E-state index in [0.29, 0.717) is 26.2 Å². The largest absolute Gasteiger partial charge is 0.394 e. The van der Waals surface area contributed by atoms with E-state index in [1.807, 2.05) is 0 Å². The van der Waals surface area contributed by atoms with E-state index in [9.17, 15) is 8.42 Å². The Morgan fingerprint density at radius 1 is 1.33 bits per heavy atom. The summed E-state index contributed by atoms with van der Waals surface area (Å²) in [6.07, 6.45) is 1.46. The molecule has 0 spiro atoms. The van der Waals surface area contributed by atoms with Gasteiger partial charge in [0, 0.05) is 26.2 Å². The smallest absolute Gasteiger partial charge is 0.280 e. The molecule has 0 aromatic carbocycles. The Balaban J connectivity index is 1.99. The molecule has 2 rings (SSSR count). The summed E-state index contributed by atoms with van der Waals surface area (Å²) < 4.78 is 27.8. The minimum atomic E-state index is -3.41. The highest BCUT2D eigenvalue weighted by molar-refractivity contribution is 7.87. The molecular formula is C8H17N3O3S. The summed E-state index contributed by atoms with van der Waals surface area (Å²) in [6, 6.07) is 0. The van der Waals surface area contributed by atoms with Gasteiger partial charge in [0.15, 0.2) is 0 Å². The van der Waals surface area contributed by atoms with Crippen molar-refractivity contribution < 1.29 is 13.5 Å². The third-order valence-electron chi connectivity index (χ3n) is 2.92. The number of aliphatic hydroxyl groups is 1. The molecule has 0 amide bonds. The minimum absolute atomic E-state index is 0.113. The summed E-state index contributed by atoms with van der Waals surface area (Å²) in [5.41, 5.74) is -0.566. The zero-order valence-electron chi connectivity index (χ0n) is 8.57. The molecule has 1 aliphatic carbocycles. The predicted molar refractivity (Wildman–Crippen MR) is 55.5 cm³/mol. The topological polar surface area (TPSA) is 81.7 Å². The van der Waals surface area contributed by atoms with Crippen LogP contribution in [0.4, 0.5) is 0 Å². The van der Waals surface area contributed by atoms with E-state index < -0.39 is 15.7 Å². The average molecular weight is 235 g/mol. The van der Waals surface area contributed by atoms with Crippen LogP contribution in [0.2, 0.25) is 0 Å². The summed E-state index contributed by atoms with van der Waals surface area (Å²) in [5.74, 6) is 0. The van der Waals surface area contributed by atoms with Gasteiger partial charge < -0.3 is 10.4 Å². The molecule has 0 atom stereocenters. The predicted octanol–water partition coefficient (Wildman–Crippen LogP) is -1.75. The molecule has 0 bridgehead atoms. The SMILES string of the molecule is O=S(=O)(NC1(CO)CC1)N1CCNCC1. The monoisotopic (exact) mass is 235 g/mol. The van der Waals surface area contributed by atoms with Gasteiger partial charge in [0.25, 0.3) is 10.2 Å². The summed E-state index contributed by atoms with van der Waals surface area (Å²) in [5, 5.41) is 12.2. The first kappa shape index (κ1) is 11.3. The summed E-state index contributed by atoms with van der Waals surface area (Å²) in [7, 11) is -3.41. The van der Waals surface area contributed by atoms with Crippen molar-refractivity contribution in [2.45, 2.75) is 18.4 Å². The lowest BCUT2D eigenvalue weighted by atomic mass is 10.3. The maximum absolute atomic E-state index is 11.9. The summed E-state index contributed by atoms with van der Waals surface area (Å²) in [4.78, 5) is 0. The number of hydrogen-bond donors (Lipinski definition) is 3. The van der Waals surface area contributed by atoms with Crippen molar-refractivity contribution in [3.63, 3.8) is 0 Å². The van der Waals surface area contributed by atoms with E-state index in [0.717, 1.165) is 12.8 Å². The molecule has 1 saturated carbocycles. The van der Waals surface area contributed by atoms with Crippen molar-refractivity contribution in [1.82, 2.24) is 14.3 Å². The van der Waals surface area contributed by atoms with Gasteiger partial charge in [-0.25, -0.2) is 0 Å². The van der Waals surface area contributed by atoms with E-state index in [1.165, 1.54) is 4.31 Å². The highest BCUT2D eigenvalue weighted by Crippen LogP contribution is 2.35. The zero-order chi connectivity index (χ0) is 10.9. The number of nitrogens with one attached hydrogen (secondary N) is 2. The second-order valence-corrected chi connectivity index (χ2v) is 5.87. The van der Waals surface area contributed by atoms with Gasteiger partial charge in [0.05, 0.1) is 12.1 Å². The lowest BCUT2D eigenvalue weighted by molar-refractivity contribution is 0.242. The number of aliphatic hydroxyl groups excluding tert-OH is 1. The molecule has 0 aromatic rings. The van der Waals surface area contributed by atoms with Gasteiger partial charge in [0.1, 0.15) is 0 Å². The third-order valence-corrected chi connectivity index (χ3v) is 4.65. The Kier molecular flexibility index (Phi) is 3.00. The van der Waals surface area contributed by atoms with Crippen LogP contribution in [0.1, 0.15) is 12.8 Å². The van der Waals surface area contributed by atoms with Gasteiger partial charge in [-0.15, -0.1) is 0 Å². The average Bonchev–Trinajstić information content (AvgIpc) is 2.99. The maximum Gasteiger partial charge on any atom is 0.280 e. The van der Waals surface area contributed by atoms with Crippen molar-refractivity contribution in [3.8, 4) is 0 Å². The standard InChI is InChI=1S/C8H17N3O3S/c12-7-8(1-2-8)10-15(13,14)11-5-3-9-4-6-11/h9-10,12H,1-7H2. The Labute approximate surface area is 89.8 Å². The van der Waals surface area contributed by atoms with Gasteiger partial charge in [-0.1, -0.05) is 0 Å². The van der Waals surface area contributed by atoms with Crippen molar-refractivity contribution in [2.75, 3.05) is 32.8 Å². The summed E-state index contributed by atoms with van der Waals surface area (Å²) >= 11 is 0. The fraction of sp³-hybridized carbons (Fsp3) is 1.00. The van der Waals surface area contributed by atoms with Crippen LogP contribution in [0.25, 0.3) is 0 Å². The molecule has 0 radical (unpaired) electrons. The van der Waals surface area contributed by atoms with Crippen LogP contribution < -0.4 is 10.0 Å². The Hall–Kier alpha value is -0.210. The van der Waals surface area contributed by atoms with Crippen LogP contribution in [-0.4, -0.2) is 56.2 Å². The van der Waals surface area contributed by atoms with Gasteiger partial charge in [-0.05, 0) is 12.8 Å². The molecule has 88 valence electrons. The Bertz CT molecular complexity index is 320. The fourth-order valence-corrected chi connectivity index (χ4v) is 3.27. The second-order valence-electron chi connectivity index (χ2n) is 4.19. The van der Waals surface area contributed by atoms with Crippen LogP contribution >= 0.6 is 0 Å². The van der Waals surface area contributed by atoms with Crippen LogP contribution in [-0.2, 0) is 10.2 Å². The molecule has 3 N–H and O–H groups in total. The first-order chi connectivity index (χ1) is 7.08. The molecule has 7 heteroatoms. The number of rotatable bonds is 4. The van der Waals surface area contributed by atoms with E-state index in [1.54, 1.807) is 0 Å². The summed E-state index contributed by atoms with van der Waals surface area (Å²) in [6.45, 7) is 2.26. The van der Waals surface area contributed by atoms with Crippen molar-refractivity contribution >= 4 is 10.2 Å². The first-order valence-corrected chi connectivity index (χ1v) is 6.63. The Morgan fingerprint density at radius 2 is 1.93 bits per heavy atom. The van der Waals surface area contributed by atoms with Gasteiger partial charge in [-0.2, -0.15) is 17.4 Å². The van der Waals surface area contributed by atoms with Gasteiger partial charge >= 0.3 is 0 Å². The number of piperazine rings is 1. The van der Waals surface area contributed by atoms with Crippen LogP contribution in [0, 0.1) is 0 Å². The van der Waals surface area contributed by atoms with Crippen LogP contribution in [0.3, 0.4) is 0 Å². The van der Waals surface area contributed by atoms with Gasteiger partial charge in [-0.3, -0.25) is 0 Å². The molecule has 15 heavy (non-hydrogen) atoms. The molecule has 1 heterocycles. The zero-order valence-corrected chi connectivity index (χ0v) is 9.39. The first-order valence-electron chi connectivity index (χ1n) is 5.19. The Morgan fingerprint density at radius 3 is 2.40 bits per heavy atom. The molecule has 1 aliphatic heterocycles. The molecule has 2 fully saturated rings. The molecule has 0 aromatic heterocycles. The minimum Gasteiger partial charge on any atom is -0.394 e. The quantitative estimate of drug-likeness (QED) is 0.540. The molecule has 0 unspecified atom stereocenters. The lowest BCUT2D eigenvalue weighted by Gasteiger charge is -2.28. The van der Waals surface area contributed by atoms with Crippen molar-refractivity contribution in [3.05, 3.63) is 0 Å². The molecule has 1 saturated heterocycles. The second kappa shape index (κ2) is 3.99. The highest BCUT2D eigenvalue weighted by Gasteiger charge is 2.46. The number of hydrogen-bond acceptors (Lipinski definition) is 4. The van der Waals surface area contributed by atoms with Crippen LogP contribution in [0.5, 0.6) is 0 Å². The third kappa shape index (κ3) is 2.48. The number of nitrogens with zero attached hydrogens (tertiary/aromatic N) is 1. The van der Waals surface area contributed by atoms with Crippen LogP contribution in [0.15, 0.2) is 0 Å². The van der Waals surface area contributed by atoms with Crippen molar-refractivity contribution in [1.29, 1.82) is 0 Å². The van der Waals surface area contributed by atoms with E-state index in [4.69, 9.17) is 5.11 Å². The fourth-order valence-electron chi connectivity index (χ4n) is 1.67. The lowest BCUT2D eigenvalue weighted by Crippen LogP contribution is -2.53. The molecule has 6 nitrogen and oxygen atoms in total. The van der Waals surface area contributed by atoms with Crippen molar-refractivity contribution in [2.24, 2.45) is 0 Å². The highest BCUT2D eigenvalue weighted by atomic mass is 32.2. The van der Waals surface area contributed by atoms with E-state index >= 15 is 0 Å². The van der Waals surface area contributed by atoms with E-state index in [-0.39, 0.29) is 6.61 Å².